The first-order valence-electron chi connectivity index (χ1n) is 9.14. The van der Waals surface area contributed by atoms with Crippen molar-refractivity contribution in [1.29, 1.82) is 0 Å². The van der Waals surface area contributed by atoms with Gasteiger partial charge in [0.05, 0.1) is 10.6 Å². The third-order valence-electron chi connectivity index (χ3n) is 5.15. The van der Waals surface area contributed by atoms with Crippen molar-refractivity contribution < 1.29 is 23.4 Å². The summed E-state index contributed by atoms with van der Waals surface area (Å²) in [5, 5.41) is 20.5. The maximum absolute atomic E-state index is 11.8. The molecule has 1 unspecified atom stereocenters. The van der Waals surface area contributed by atoms with Gasteiger partial charge in [0, 0.05) is 23.2 Å². The van der Waals surface area contributed by atoms with Gasteiger partial charge in [0.25, 0.3) is 0 Å². The number of carboxylic acid groups (broad SMARTS) is 1. The number of hydrogen-bond acceptors (Lipinski definition) is 4. The Labute approximate surface area is 170 Å². The van der Waals surface area contributed by atoms with Gasteiger partial charge in [-0.25, -0.2) is 13.2 Å². The van der Waals surface area contributed by atoms with Gasteiger partial charge < -0.3 is 14.8 Å². The number of para-hydroxylation sites is 1. The standard InChI is InChI=1S/C22H23NO5S/c1-4-22(26,21(24)25)19-14-20(16-10-12-18(13-11-16)29(3,27)28)23(15(19)2)17-8-6-5-7-9-17/h5-14,26H,4H2,1-3H3,(H,24,25). The number of sulfone groups is 1. The topological polar surface area (TPSA) is 96.6 Å². The van der Waals surface area contributed by atoms with Crippen LogP contribution in [-0.2, 0) is 20.2 Å². The van der Waals surface area contributed by atoms with Crippen molar-refractivity contribution >= 4 is 15.8 Å². The van der Waals surface area contributed by atoms with Crippen molar-refractivity contribution in [3.05, 3.63) is 71.9 Å². The molecule has 0 bridgehead atoms. The molecule has 1 atom stereocenters. The molecular weight excluding hydrogens is 390 g/mol. The van der Waals surface area contributed by atoms with Crippen LogP contribution in [0.3, 0.4) is 0 Å². The fourth-order valence-corrected chi connectivity index (χ4v) is 4.11. The van der Waals surface area contributed by atoms with Crippen molar-refractivity contribution in [2.24, 2.45) is 0 Å². The lowest BCUT2D eigenvalue weighted by atomic mass is 9.91. The fraction of sp³-hybridized carbons (Fsp3) is 0.227. The molecule has 0 saturated carbocycles. The number of aliphatic hydroxyl groups is 1. The summed E-state index contributed by atoms with van der Waals surface area (Å²) >= 11 is 0. The van der Waals surface area contributed by atoms with E-state index in [2.05, 4.69) is 0 Å². The van der Waals surface area contributed by atoms with Crippen LogP contribution in [0.4, 0.5) is 0 Å². The predicted octanol–water partition coefficient (Wildman–Crippen LogP) is 3.54. The number of carbonyl (C=O) groups is 1. The van der Waals surface area contributed by atoms with Gasteiger partial charge in [-0.3, -0.25) is 0 Å². The predicted molar refractivity (Wildman–Crippen MR) is 111 cm³/mol. The van der Waals surface area contributed by atoms with E-state index in [1.807, 2.05) is 34.9 Å². The van der Waals surface area contributed by atoms with E-state index in [1.54, 1.807) is 32.0 Å². The lowest BCUT2D eigenvalue weighted by molar-refractivity contribution is -0.160. The van der Waals surface area contributed by atoms with Gasteiger partial charge in [0.2, 0.25) is 0 Å². The summed E-state index contributed by atoms with van der Waals surface area (Å²) in [4.78, 5) is 12.0. The van der Waals surface area contributed by atoms with Crippen LogP contribution in [0.1, 0.15) is 24.6 Å². The number of benzene rings is 2. The molecule has 2 aromatic carbocycles. The average Bonchev–Trinajstić information content (AvgIpc) is 3.05. The molecule has 2 N–H and O–H groups in total. The van der Waals surface area contributed by atoms with E-state index in [0.717, 1.165) is 11.9 Å². The molecule has 0 aliphatic heterocycles. The van der Waals surface area contributed by atoms with Crippen molar-refractivity contribution in [3.8, 4) is 16.9 Å². The molecule has 3 rings (SSSR count). The molecule has 0 aliphatic rings. The van der Waals surface area contributed by atoms with Gasteiger partial charge in [0.15, 0.2) is 15.4 Å². The molecule has 6 nitrogen and oxygen atoms in total. The molecule has 7 heteroatoms. The van der Waals surface area contributed by atoms with Gasteiger partial charge in [-0.05, 0) is 49.2 Å². The summed E-state index contributed by atoms with van der Waals surface area (Å²) in [7, 11) is -3.33. The van der Waals surface area contributed by atoms with Gasteiger partial charge in [0.1, 0.15) is 0 Å². The number of rotatable bonds is 6. The average molecular weight is 413 g/mol. The fourth-order valence-electron chi connectivity index (χ4n) is 3.48. The monoisotopic (exact) mass is 413 g/mol. The van der Waals surface area contributed by atoms with Crippen LogP contribution in [0.25, 0.3) is 16.9 Å². The summed E-state index contributed by atoms with van der Waals surface area (Å²) in [6.45, 7) is 3.38. The Hall–Kier alpha value is -2.90. The Morgan fingerprint density at radius 3 is 2.14 bits per heavy atom. The van der Waals surface area contributed by atoms with Crippen LogP contribution in [0.15, 0.2) is 65.6 Å². The molecule has 0 radical (unpaired) electrons. The highest BCUT2D eigenvalue weighted by molar-refractivity contribution is 7.90. The first kappa shape index (κ1) is 20.8. The molecule has 1 aromatic heterocycles. The van der Waals surface area contributed by atoms with Crippen LogP contribution in [0.2, 0.25) is 0 Å². The highest BCUT2D eigenvalue weighted by Gasteiger charge is 2.39. The number of aliphatic carboxylic acids is 1. The van der Waals surface area contributed by atoms with Gasteiger partial charge >= 0.3 is 5.97 Å². The molecule has 0 aliphatic carbocycles. The SMILES string of the molecule is CCC(O)(C(=O)O)c1cc(-c2ccc(S(C)(=O)=O)cc2)n(-c2ccccc2)c1C. The minimum atomic E-state index is -3.33. The molecular formula is C22H23NO5S. The molecule has 0 spiro atoms. The lowest BCUT2D eigenvalue weighted by Gasteiger charge is -2.22. The van der Waals surface area contributed by atoms with Crippen LogP contribution >= 0.6 is 0 Å². The van der Waals surface area contributed by atoms with E-state index in [1.165, 1.54) is 12.1 Å². The van der Waals surface area contributed by atoms with E-state index in [9.17, 15) is 23.4 Å². The zero-order valence-electron chi connectivity index (χ0n) is 16.5. The zero-order valence-corrected chi connectivity index (χ0v) is 17.3. The molecule has 29 heavy (non-hydrogen) atoms. The van der Waals surface area contributed by atoms with E-state index in [-0.39, 0.29) is 11.3 Å². The lowest BCUT2D eigenvalue weighted by Crippen LogP contribution is -2.35. The minimum Gasteiger partial charge on any atom is -0.479 e. The highest BCUT2D eigenvalue weighted by Crippen LogP contribution is 2.36. The Morgan fingerprint density at radius 1 is 1.07 bits per heavy atom. The molecule has 152 valence electrons. The van der Waals surface area contributed by atoms with E-state index >= 15 is 0 Å². The Morgan fingerprint density at radius 2 is 1.66 bits per heavy atom. The maximum atomic E-state index is 11.8. The van der Waals surface area contributed by atoms with Gasteiger partial charge in [-0.2, -0.15) is 0 Å². The molecule has 0 amide bonds. The Balaban J connectivity index is 2.29. The molecule has 3 aromatic rings. The third kappa shape index (κ3) is 3.71. The summed E-state index contributed by atoms with van der Waals surface area (Å²) < 4.78 is 25.4. The van der Waals surface area contributed by atoms with Crippen LogP contribution < -0.4 is 0 Å². The Kier molecular flexibility index (Phi) is 5.38. The second-order valence-electron chi connectivity index (χ2n) is 7.02. The summed E-state index contributed by atoms with van der Waals surface area (Å²) in [5.41, 5.74) is 1.06. The minimum absolute atomic E-state index is 0.00837. The highest BCUT2D eigenvalue weighted by atomic mass is 32.2. The number of hydrogen-bond donors (Lipinski definition) is 2. The number of carboxylic acids is 1. The first-order valence-corrected chi connectivity index (χ1v) is 11.0. The van der Waals surface area contributed by atoms with Gasteiger partial charge in [-0.1, -0.05) is 37.3 Å². The first-order chi connectivity index (χ1) is 13.6. The summed E-state index contributed by atoms with van der Waals surface area (Å²) in [6.07, 6.45) is 1.15. The number of aromatic nitrogens is 1. The molecule has 0 saturated heterocycles. The zero-order chi connectivity index (χ0) is 21.4. The van der Waals surface area contributed by atoms with Crippen LogP contribution in [0.5, 0.6) is 0 Å². The molecule has 1 heterocycles. The van der Waals surface area contributed by atoms with E-state index in [0.29, 0.717) is 22.5 Å². The van der Waals surface area contributed by atoms with E-state index in [4.69, 9.17) is 0 Å². The third-order valence-corrected chi connectivity index (χ3v) is 6.28. The maximum Gasteiger partial charge on any atom is 0.340 e. The van der Waals surface area contributed by atoms with Crippen molar-refractivity contribution in [2.75, 3.05) is 6.26 Å². The van der Waals surface area contributed by atoms with Crippen molar-refractivity contribution in [3.63, 3.8) is 0 Å². The summed E-state index contributed by atoms with van der Waals surface area (Å²) in [6, 6.07) is 17.5. The smallest absolute Gasteiger partial charge is 0.340 e. The normalized spacial score (nSPS) is 13.8. The van der Waals surface area contributed by atoms with Crippen molar-refractivity contribution in [1.82, 2.24) is 4.57 Å². The second kappa shape index (κ2) is 7.50. The molecule has 0 fully saturated rings. The Bertz CT molecular complexity index is 1150. The quantitative estimate of drug-likeness (QED) is 0.644. The van der Waals surface area contributed by atoms with Crippen LogP contribution in [0, 0.1) is 6.92 Å². The second-order valence-corrected chi connectivity index (χ2v) is 9.03. The summed E-state index contributed by atoms with van der Waals surface area (Å²) in [5.74, 6) is -1.31. The largest absolute Gasteiger partial charge is 0.479 e. The van der Waals surface area contributed by atoms with E-state index < -0.39 is 21.4 Å². The van der Waals surface area contributed by atoms with Gasteiger partial charge in [-0.15, -0.1) is 0 Å². The number of nitrogens with zero attached hydrogens (tertiary/aromatic N) is 1. The van der Waals surface area contributed by atoms with Crippen molar-refractivity contribution in [2.45, 2.75) is 30.8 Å². The van der Waals surface area contributed by atoms with Crippen LogP contribution in [-0.4, -0.2) is 35.4 Å².